The summed E-state index contributed by atoms with van der Waals surface area (Å²) in [6.07, 6.45) is 1.18. The molecule has 1 amide bonds. The van der Waals surface area contributed by atoms with Crippen LogP contribution in [0.2, 0.25) is 0 Å². The predicted octanol–water partition coefficient (Wildman–Crippen LogP) is 7.00. The maximum absolute atomic E-state index is 13.6. The second-order valence-electron chi connectivity index (χ2n) is 8.87. The Balaban J connectivity index is 1.56. The van der Waals surface area contributed by atoms with Crippen molar-refractivity contribution >= 4 is 33.4 Å². The molecule has 5 aromatic carbocycles. The van der Waals surface area contributed by atoms with Crippen LogP contribution in [-0.2, 0) is 9.53 Å². The lowest BCUT2D eigenvalue weighted by Gasteiger charge is -2.25. The van der Waals surface area contributed by atoms with Crippen molar-refractivity contribution in [2.45, 2.75) is 18.6 Å². The minimum atomic E-state index is -0.877. The van der Waals surface area contributed by atoms with E-state index in [1.807, 2.05) is 91.0 Å². The number of amides is 1. The van der Waals surface area contributed by atoms with E-state index in [0.29, 0.717) is 5.56 Å². The average molecular weight is 486 g/mol. The van der Waals surface area contributed by atoms with Crippen LogP contribution in [0.1, 0.15) is 34.0 Å². The Morgan fingerprint density at radius 1 is 0.703 bits per heavy atom. The first-order valence-electron chi connectivity index (χ1n) is 12.3. The number of hydrogen-bond acceptors (Lipinski definition) is 3. The van der Waals surface area contributed by atoms with E-state index in [9.17, 15) is 9.59 Å². The highest BCUT2D eigenvalue weighted by Gasteiger charge is 2.28. The number of rotatable bonds is 8. The maximum atomic E-state index is 13.6. The van der Waals surface area contributed by atoms with Crippen molar-refractivity contribution in [2.75, 3.05) is 0 Å². The highest BCUT2D eigenvalue weighted by molar-refractivity contribution is 5.97. The van der Waals surface area contributed by atoms with Gasteiger partial charge in [-0.2, -0.15) is 0 Å². The van der Waals surface area contributed by atoms with Gasteiger partial charge in [0.05, 0.1) is 0 Å². The molecule has 0 aliphatic heterocycles. The van der Waals surface area contributed by atoms with E-state index in [-0.39, 0.29) is 12.3 Å². The number of esters is 1. The predicted molar refractivity (Wildman–Crippen MR) is 148 cm³/mol. The minimum absolute atomic E-state index is 0.245. The smallest absolute Gasteiger partial charge is 0.329 e. The Hall–Kier alpha value is -4.70. The SMILES string of the molecule is C=CC[C@H](NC(=O)c1ccccc1)C(=O)OC(c1cccc2ccccc12)c1cccc2ccccc12. The van der Waals surface area contributed by atoms with Gasteiger partial charge in [0.25, 0.3) is 5.91 Å². The molecule has 0 fully saturated rings. The van der Waals surface area contributed by atoms with Crippen LogP contribution >= 0.6 is 0 Å². The topological polar surface area (TPSA) is 55.4 Å². The third kappa shape index (κ3) is 5.14. The molecule has 0 aliphatic rings. The summed E-state index contributed by atoms with van der Waals surface area (Å²) in [6.45, 7) is 3.78. The van der Waals surface area contributed by atoms with E-state index in [4.69, 9.17) is 4.74 Å². The van der Waals surface area contributed by atoms with Crippen molar-refractivity contribution in [1.82, 2.24) is 5.32 Å². The molecule has 0 heterocycles. The molecule has 0 aliphatic carbocycles. The van der Waals surface area contributed by atoms with E-state index < -0.39 is 18.1 Å². The van der Waals surface area contributed by atoms with Crippen LogP contribution in [0.15, 0.2) is 128 Å². The van der Waals surface area contributed by atoms with Gasteiger partial charge in [-0.15, -0.1) is 6.58 Å². The van der Waals surface area contributed by atoms with Crippen LogP contribution in [0.3, 0.4) is 0 Å². The molecule has 5 aromatic rings. The van der Waals surface area contributed by atoms with Crippen molar-refractivity contribution in [3.8, 4) is 0 Å². The molecule has 1 atom stereocenters. The molecule has 0 saturated heterocycles. The molecular formula is C33H27NO3. The Kier molecular flexibility index (Phi) is 7.09. The maximum Gasteiger partial charge on any atom is 0.329 e. The number of fused-ring (bicyclic) bond motifs is 2. The number of carbonyl (C=O) groups excluding carboxylic acids is 2. The molecule has 5 rings (SSSR count). The molecule has 4 nitrogen and oxygen atoms in total. The normalized spacial score (nSPS) is 11.8. The van der Waals surface area contributed by atoms with Gasteiger partial charge in [0.15, 0.2) is 6.10 Å². The van der Waals surface area contributed by atoms with Crippen LogP contribution in [0.4, 0.5) is 0 Å². The average Bonchev–Trinajstić information content (AvgIpc) is 2.95. The number of hydrogen-bond donors (Lipinski definition) is 1. The summed E-state index contributed by atoms with van der Waals surface area (Å²) in [5, 5.41) is 6.95. The fraction of sp³-hybridized carbons (Fsp3) is 0.0909. The molecule has 0 aromatic heterocycles. The fourth-order valence-corrected chi connectivity index (χ4v) is 4.66. The van der Waals surface area contributed by atoms with Crippen molar-refractivity contribution < 1.29 is 14.3 Å². The minimum Gasteiger partial charge on any atom is -0.451 e. The molecule has 182 valence electrons. The zero-order chi connectivity index (χ0) is 25.6. The summed E-state index contributed by atoms with van der Waals surface area (Å²) in [7, 11) is 0. The number of ether oxygens (including phenoxy) is 1. The van der Waals surface area contributed by atoms with Crippen molar-refractivity contribution in [3.63, 3.8) is 0 Å². The summed E-state index contributed by atoms with van der Waals surface area (Å²) in [5.41, 5.74) is 2.24. The van der Waals surface area contributed by atoms with Crippen LogP contribution in [0.5, 0.6) is 0 Å². The number of carbonyl (C=O) groups is 2. The number of benzene rings is 5. The van der Waals surface area contributed by atoms with E-state index in [1.54, 1.807) is 30.3 Å². The largest absolute Gasteiger partial charge is 0.451 e. The first-order chi connectivity index (χ1) is 18.2. The quantitative estimate of drug-likeness (QED) is 0.190. The lowest BCUT2D eigenvalue weighted by Crippen LogP contribution is -2.42. The summed E-state index contributed by atoms with van der Waals surface area (Å²) < 4.78 is 6.29. The third-order valence-corrected chi connectivity index (χ3v) is 6.47. The van der Waals surface area contributed by atoms with Crippen LogP contribution in [0, 0.1) is 0 Å². The van der Waals surface area contributed by atoms with Gasteiger partial charge in [-0.3, -0.25) is 4.79 Å². The van der Waals surface area contributed by atoms with Gasteiger partial charge in [0.2, 0.25) is 0 Å². The third-order valence-electron chi connectivity index (χ3n) is 6.47. The standard InChI is InChI=1S/C33H27NO3/c1-2-12-30(34-32(35)25-15-4-3-5-16-25)33(36)37-31(28-21-10-17-23-13-6-8-19-26(23)28)29-22-11-18-24-14-7-9-20-27(24)29/h2-11,13-22,30-31H,1,12H2,(H,34,35)/t30-/m0/s1. The monoisotopic (exact) mass is 485 g/mol. The fourth-order valence-electron chi connectivity index (χ4n) is 4.66. The summed E-state index contributed by atoms with van der Waals surface area (Å²) in [6, 6.07) is 36.1. The van der Waals surface area contributed by atoms with E-state index in [2.05, 4.69) is 11.9 Å². The molecule has 4 heteroatoms. The van der Waals surface area contributed by atoms with Gasteiger partial charge in [0, 0.05) is 16.7 Å². The Labute approximate surface area is 216 Å². The summed E-state index contributed by atoms with van der Waals surface area (Å²) >= 11 is 0. The summed E-state index contributed by atoms with van der Waals surface area (Å²) in [5.74, 6) is -0.855. The molecule has 0 saturated carbocycles. The zero-order valence-electron chi connectivity index (χ0n) is 20.3. The highest BCUT2D eigenvalue weighted by Crippen LogP contribution is 2.36. The van der Waals surface area contributed by atoms with Crippen LogP contribution in [-0.4, -0.2) is 17.9 Å². The van der Waals surface area contributed by atoms with E-state index in [1.165, 1.54) is 0 Å². The van der Waals surface area contributed by atoms with Crippen LogP contribution < -0.4 is 5.32 Å². The molecule has 0 bridgehead atoms. The lowest BCUT2D eigenvalue weighted by molar-refractivity contribution is -0.149. The first-order valence-corrected chi connectivity index (χ1v) is 12.3. The van der Waals surface area contributed by atoms with Gasteiger partial charge in [0.1, 0.15) is 6.04 Å². The van der Waals surface area contributed by atoms with Gasteiger partial charge in [-0.25, -0.2) is 4.79 Å². The van der Waals surface area contributed by atoms with Crippen molar-refractivity contribution in [3.05, 3.63) is 145 Å². The Morgan fingerprint density at radius 2 is 1.22 bits per heavy atom. The molecular weight excluding hydrogens is 458 g/mol. The van der Waals surface area contributed by atoms with E-state index >= 15 is 0 Å². The Bertz CT molecular complexity index is 1490. The first kappa shape index (κ1) is 24.0. The second kappa shape index (κ2) is 10.9. The van der Waals surface area contributed by atoms with Gasteiger partial charge < -0.3 is 10.1 Å². The second-order valence-corrected chi connectivity index (χ2v) is 8.87. The Morgan fingerprint density at radius 3 is 1.78 bits per heavy atom. The molecule has 0 unspecified atom stereocenters. The molecule has 37 heavy (non-hydrogen) atoms. The highest BCUT2D eigenvalue weighted by atomic mass is 16.5. The lowest BCUT2D eigenvalue weighted by atomic mass is 9.92. The number of nitrogens with one attached hydrogen (secondary N) is 1. The van der Waals surface area contributed by atoms with Gasteiger partial charge >= 0.3 is 5.97 Å². The van der Waals surface area contributed by atoms with Crippen molar-refractivity contribution in [2.24, 2.45) is 0 Å². The molecule has 0 radical (unpaired) electrons. The summed E-state index contributed by atoms with van der Waals surface area (Å²) in [4.78, 5) is 26.5. The van der Waals surface area contributed by atoms with Gasteiger partial charge in [-0.1, -0.05) is 109 Å². The van der Waals surface area contributed by atoms with Crippen molar-refractivity contribution in [1.29, 1.82) is 0 Å². The molecule has 0 spiro atoms. The van der Waals surface area contributed by atoms with Gasteiger partial charge in [-0.05, 0) is 40.1 Å². The zero-order valence-corrected chi connectivity index (χ0v) is 20.3. The van der Waals surface area contributed by atoms with E-state index in [0.717, 1.165) is 32.7 Å². The van der Waals surface area contributed by atoms with Crippen LogP contribution in [0.25, 0.3) is 21.5 Å². The molecule has 1 N–H and O–H groups in total.